The number of likely N-dealkylation sites (N-methyl/N-ethyl adjacent to an activating group) is 1. The van der Waals surface area contributed by atoms with Crippen LogP contribution in [0.4, 0.5) is 11.9 Å². The molecule has 0 spiro atoms. The maximum absolute atomic E-state index is 12.3. The molecule has 1 aliphatic heterocycles. The van der Waals surface area contributed by atoms with Crippen molar-refractivity contribution < 1.29 is 4.79 Å². The zero-order valence-electron chi connectivity index (χ0n) is 13.8. The van der Waals surface area contributed by atoms with Crippen LogP contribution < -0.4 is 16.0 Å². The number of nitrogen functional groups attached to an aromatic ring is 1. The normalized spacial score (nSPS) is 15.5. The third kappa shape index (κ3) is 3.59. The summed E-state index contributed by atoms with van der Waals surface area (Å²) >= 11 is 0. The van der Waals surface area contributed by atoms with Crippen LogP contribution in [0.1, 0.15) is 21.9 Å². The number of H-pyrrole nitrogens is 1. The van der Waals surface area contributed by atoms with Gasteiger partial charge in [-0.3, -0.25) is 9.89 Å². The first-order valence-electron chi connectivity index (χ1n) is 7.75. The summed E-state index contributed by atoms with van der Waals surface area (Å²) in [6, 6.07) is 0. The molecule has 0 unspecified atom stereocenters. The summed E-state index contributed by atoms with van der Waals surface area (Å²) in [6.45, 7) is 5.74. The molecule has 10 heteroatoms. The van der Waals surface area contributed by atoms with Gasteiger partial charge in [0.05, 0.1) is 17.8 Å². The lowest BCUT2D eigenvalue weighted by atomic mass is 10.2. The number of aryl methyl sites for hydroxylation is 1. The van der Waals surface area contributed by atoms with E-state index in [1.54, 1.807) is 6.20 Å². The van der Waals surface area contributed by atoms with Crippen molar-refractivity contribution in [2.45, 2.75) is 13.5 Å². The topological polar surface area (TPSA) is 129 Å². The van der Waals surface area contributed by atoms with Gasteiger partial charge in [0.25, 0.3) is 5.91 Å². The van der Waals surface area contributed by atoms with Gasteiger partial charge in [-0.05, 0) is 14.0 Å². The molecule has 2 aromatic heterocycles. The second-order valence-corrected chi connectivity index (χ2v) is 5.78. The zero-order valence-corrected chi connectivity index (χ0v) is 13.8. The van der Waals surface area contributed by atoms with Crippen molar-refractivity contribution in [3.05, 3.63) is 23.3 Å². The minimum absolute atomic E-state index is 0.148. The number of hydrogen-bond acceptors (Lipinski definition) is 8. The Morgan fingerprint density at radius 1 is 1.33 bits per heavy atom. The van der Waals surface area contributed by atoms with Gasteiger partial charge in [-0.2, -0.15) is 4.98 Å². The molecule has 1 saturated heterocycles. The molecule has 10 nitrogen and oxygen atoms in total. The van der Waals surface area contributed by atoms with Crippen LogP contribution in [-0.2, 0) is 6.54 Å². The van der Waals surface area contributed by atoms with Gasteiger partial charge in [-0.1, -0.05) is 0 Å². The molecule has 1 amide bonds. The van der Waals surface area contributed by atoms with Crippen LogP contribution in [0.3, 0.4) is 0 Å². The number of carbonyl (C=O) groups excluding carboxylic acids is 1. The predicted molar refractivity (Wildman–Crippen MR) is 88.4 cm³/mol. The van der Waals surface area contributed by atoms with E-state index in [2.05, 4.69) is 47.3 Å². The molecular formula is C14H21N9O. The van der Waals surface area contributed by atoms with E-state index in [0.717, 1.165) is 26.2 Å². The molecule has 0 atom stereocenters. The molecule has 0 saturated carbocycles. The van der Waals surface area contributed by atoms with E-state index in [9.17, 15) is 4.79 Å². The Balaban J connectivity index is 1.64. The van der Waals surface area contributed by atoms with E-state index >= 15 is 0 Å². The van der Waals surface area contributed by atoms with E-state index in [1.165, 1.54) is 0 Å². The Kier molecular flexibility index (Phi) is 4.56. The van der Waals surface area contributed by atoms with Crippen molar-refractivity contribution >= 4 is 17.8 Å². The summed E-state index contributed by atoms with van der Waals surface area (Å²) in [6.07, 6.45) is 1.57. The first-order valence-corrected chi connectivity index (χ1v) is 7.75. The van der Waals surface area contributed by atoms with Gasteiger partial charge in [0.15, 0.2) is 0 Å². The average molecular weight is 331 g/mol. The van der Waals surface area contributed by atoms with E-state index in [4.69, 9.17) is 5.73 Å². The molecule has 0 bridgehead atoms. The summed E-state index contributed by atoms with van der Waals surface area (Å²) < 4.78 is 0. The molecule has 0 radical (unpaired) electrons. The maximum atomic E-state index is 12.3. The molecule has 0 aromatic carbocycles. The second-order valence-electron chi connectivity index (χ2n) is 5.78. The lowest BCUT2D eigenvalue weighted by Gasteiger charge is -2.32. The molecule has 3 rings (SSSR count). The van der Waals surface area contributed by atoms with Crippen LogP contribution >= 0.6 is 0 Å². The molecule has 0 aliphatic carbocycles. The van der Waals surface area contributed by atoms with E-state index in [1.807, 2.05) is 6.92 Å². The smallest absolute Gasteiger partial charge is 0.255 e. The molecule has 2 aromatic rings. The first kappa shape index (κ1) is 16.1. The number of nitrogens with zero attached hydrogens (tertiary/aromatic N) is 6. The highest BCUT2D eigenvalue weighted by molar-refractivity contribution is 5.94. The predicted octanol–water partition coefficient (Wildman–Crippen LogP) is -0.833. The van der Waals surface area contributed by atoms with Gasteiger partial charge in [0.2, 0.25) is 11.9 Å². The summed E-state index contributed by atoms with van der Waals surface area (Å²) in [5.41, 5.74) is 6.51. The summed E-state index contributed by atoms with van der Waals surface area (Å²) in [5.74, 6) is 1.05. The largest absolute Gasteiger partial charge is 0.367 e. The van der Waals surface area contributed by atoms with Crippen LogP contribution in [0, 0.1) is 6.92 Å². The van der Waals surface area contributed by atoms with E-state index in [0.29, 0.717) is 23.0 Å². The lowest BCUT2D eigenvalue weighted by Crippen LogP contribution is -2.45. The Morgan fingerprint density at radius 2 is 2.08 bits per heavy atom. The molecule has 3 heterocycles. The summed E-state index contributed by atoms with van der Waals surface area (Å²) in [5, 5.41) is 9.10. The SMILES string of the molecule is Cc1nc(N2CCN(C)CC2)ncc1C(=O)NCc1nc(N)n[nH]1. The minimum Gasteiger partial charge on any atom is -0.367 e. The van der Waals surface area contributed by atoms with Crippen molar-refractivity contribution in [2.75, 3.05) is 43.9 Å². The van der Waals surface area contributed by atoms with Gasteiger partial charge < -0.3 is 20.9 Å². The fourth-order valence-corrected chi connectivity index (χ4v) is 2.48. The van der Waals surface area contributed by atoms with Crippen LogP contribution in [0.15, 0.2) is 6.20 Å². The molecule has 24 heavy (non-hydrogen) atoms. The Labute approximate surface area is 139 Å². The number of aromatic nitrogens is 5. The quantitative estimate of drug-likeness (QED) is 0.662. The number of amides is 1. The number of hydrogen-bond donors (Lipinski definition) is 3. The number of nitrogens with one attached hydrogen (secondary N) is 2. The van der Waals surface area contributed by atoms with Gasteiger partial charge in [-0.25, -0.2) is 9.97 Å². The zero-order chi connectivity index (χ0) is 17.1. The number of aromatic amines is 1. The molecular weight excluding hydrogens is 310 g/mol. The van der Waals surface area contributed by atoms with Gasteiger partial charge >= 0.3 is 0 Å². The number of piperazine rings is 1. The minimum atomic E-state index is -0.257. The van der Waals surface area contributed by atoms with Crippen LogP contribution in [0.2, 0.25) is 0 Å². The second kappa shape index (κ2) is 6.79. The monoisotopic (exact) mass is 331 g/mol. The molecule has 128 valence electrons. The van der Waals surface area contributed by atoms with Crippen LogP contribution in [-0.4, -0.2) is 69.2 Å². The summed E-state index contributed by atoms with van der Waals surface area (Å²) in [7, 11) is 2.10. The third-order valence-corrected chi connectivity index (χ3v) is 3.96. The van der Waals surface area contributed by atoms with Crippen molar-refractivity contribution in [3.63, 3.8) is 0 Å². The first-order chi connectivity index (χ1) is 11.5. The highest BCUT2D eigenvalue weighted by atomic mass is 16.1. The van der Waals surface area contributed by atoms with Crippen molar-refractivity contribution in [3.8, 4) is 0 Å². The highest BCUT2D eigenvalue weighted by Crippen LogP contribution is 2.13. The standard InChI is InChI=1S/C14H21N9O/c1-9-10(12(24)16-8-11-19-13(15)21-20-11)7-17-14(18-9)23-5-3-22(2)4-6-23/h7H,3-6,8H2,1-2H3,(H,16,24)(H3,15,19,20,21). The molecule has 1 aliphatic rings. The van der Waals surface area contributed by atoms with Gasteiger partial charge in [0, 0.05) is 32.4 Å². The highest BCUT2D eigenvalue weighted by Gasteiger charge is 2.18. The third-order valence-electron chi connectivity index (χ3n) is 3.96. The van der Waals surface area contributed by atoms with Crippen LogP contribution in [0.5, 0.6) is 0 Å². The number of anilines is 2. The number of rotatable bonds is 4. The molecule has 1 fully saturated rings. The van der Waals surface area contributed by atoms with E-state index in [-0.39, 0.29) is 18.4 Å². The van der Waals surface area contributed by atoms with Crippen molar-refractivity contribution in [1.82, 2.24) is 35.4 Å². The van der Waals surface area contributed by atoms with Crippen molar-refractivity contribution in [2.24, 2.45) is 0 Å². The maximum Gasteiger partial charge on any atom is 0.255 e. The van der Waals surface area contributed by atoms with Gasteiger partial charge in [0.1, 0.15) is 5.82 Å². The lowest BCUT2D eigenvalue weighted by molar-refractivity contribution is 0.0948. The summed E-state index contributed by atoms with van der Waals surface area (Å²) in [4.78, 5) is 29.4. The Morgan fingerprint density at radius 3 is 2.71 bits per heavy atom. The number of nitrogens with two attached hydrogens (primary N) is 1. The van der Waals surface area contributed by atoms with Gasteiger partial charge in [-0.15, -0.1) is 5.10 Å². The number of carbonyl (C=O) groups is 1. The van der Waals surface area contributed by atoms with Crippen molar-refractivity contribution in [1.29, 1.82) is 0 Å². The Bertz CT molecular complexity index is 721. The fraction of sp³-hybridized carbons (Fsp3) is 0.500. The molecule has 4 N–H and O–H groups in total. The fourth-order valence-electron chi connectivity index (χ4n) is 2.48. The van der Waals surface area contributed by atoms with E-state index < -0.39 is 0 Å². The Hall–Kier alpha value is -2.75. The average Bonchev–Trinajstić information content (AvgIpc) is 2.99. The van der Waals surface area contributed by atoms with Crippen LogP contribution in [0.25, 0.3) is 0 Å².